The number of nitrogens with one attached hydrogen (secondary N) is 1. The van der Waals surface area contributed by atoms with E-state index in [1.807, 2.05) is 42.5 Å². The number of amidine groups is 1. The molecule has 28 heavy (non-hydrogen) atoms. The fourth-order valence-electron chi connectivity index (χ4n) is 3.09. The number of hydrogen-bond acceptors (Lipinski definition) is 2. The number of halogens is 3. The number of hydrogen-bond donors (Lipinski definition) is 1. The highest BCUT2D eigenvalue weighted by molar-refractivity contribution is 8.28. The third kappa shape index (κ3) is 3.45. The lowest BCUT2D eigenvalue weighted by molar-refractivity contribution is -0.137. The summed E-state index contributed by atoms with van der Waals surface area (Å²) >= 11 is 0. The van der Waals surface area contributed by atoms with Crippen LogP contribution in [0, 0.1) is 0 Å². The number of amides is 1. The molecule has 0 saturated carbocycles. The summed E-state index contributed by atoms with van der Waals surface area (Å²) in [5, 5.41) is 4.74. The van der Waals surface area contributed by atoms with Crippen LogP contribution in [0.3, 0.4) is 0 Å². The zero-order valence-corrected chi connectivity index (χ0v) is 15.3. The zero-order chi connectivity index (χ0) is 19.9. The molecule has 2 atom stereocenters. The number of fused-ring (bicyclic) bond motifs is 1. The Morgan fingerprint density at radius 3 is 2.32 bits per heavy atom. The van der Waals surface area contributed by atoms with Crippen LogP contribution in [0.1, 0.15) is 16.4 Å². The SMILES string of the molecule is C=S1C(=Nc2ccc(C(F)(F)F)cc2)NC(=O)C1c1ccc2ccccc2c1. The second-order valence-corrected chi connectivity index (χ2v) is 8.08. The Bertz CT molecular complexity index is 1120. The highest BCUT2D eigenvalue weighted by atomic mass is 32.2. The maximum absolute atomic E-state index is 12.7. The first-order chi connectivity index (χ1) is 13.3. The predicted octanol–water partition coefficient (Wildman–Crippen LogP) is 5.42. The van der Waals surface area contributed by atoms with E-state index in [0.717, 1.165) is 28.5 Å². The van der Waals surface area contributed by atoms with Gasteiger partial charge in [-0.3, -0.25) is 4.79 Å². The number of nitrogens with zero attached hydrogens (tertiary/aromatic N) is 1. The molecule has 4 rings (SSSR count). The molecule has 0 aromatic heterocycles. The Morgan fingerprint density at radius 2 is 1.64 bits per heavy atom. The molecule has 1 aliphatic rings. The lowest BCUT2D eigenvalue weighted by Crippen LogP contribution is -2.21. The third-order valence-corrected chi connectivity index (χ3v) is 6.25. The van der Waals surface area contributed by atoms with E-state index >= 15 is 0 Å². The minimum atomic E-state index is -4.40. The molecule has 1 heterocycles. The van der Waals surface area contributed by atoms with Crippen molar-refractivity contribution in [2.45, 2.75) is 11.4 Å². The van der Waals surface area contributed by atoms with Crippen LogP contribution in [0.4, 0.5) is 18.9 Å². The smallest absolute Gasteiger partial charge is 0.304 e. The van der Waals surface area contributed by atoms with Crippen molar-refractivity contribution in [1.82, 2.24) is 5.32 Å². The van der Waals surface area contributed by atoms with E-state index in [9.17, 15) is 18.0 Å². The van der Waals surface area contributed by atoms with Gasteiger partial charge in [0.25, 0.3) is 0 Å². The first kappa shape index (κ1) is 18.4. The second-order valence-electron chi connectivity index (χ2n) is 6.37. The molecule has 1 fully saturated rings. The molecule has 1 amide bonds. The van der Waals surface area contributed by atoms with Crippen LogP contribution in [0.5, 0.6) is 0 Å². The van der Waals surface area contributed by atoms with Crippen LogP contribution < -0.4 is 5.32 Å². The summed E-state index contributed by atoms with van der Waals surface area (Å²) in [7, 11) is -0.778. The Morgan fingerprint density at radius 1 is 0.964 bits per heavy atom. The van der Waals surface area contributed by atoms with Crippen molar-refractivity contribution in [2.24, 2.45) is 4.99 Å². The Hall–Kier alpha value is -2.93. The molecule has 7 heteroatoms. The van der Waals surface area contributed by atoms with Crippen molar-refractivity contribution in [3.8, 4) is 0 Å². The normalized spacial score (nSPS) is 21.2. The molecule has 0 radical (unpaired) electrons. The lowest BCUT2D eigenvalue weighted by atomic mass is 10.0. The topological polar surface area (TPSA) is 41.5 Å². The summed E-state index contributed by atoms with van der Waals surface area (Å²) < 4.78 is 38.1. The highest BCUT2D eigenvalue weighted by Gasteiger charge is 2.34. The van der Waals surface area contributed by atoms with E-state index in [-0.39, 0.29) is 5.91 Å². The van der Waals surface area contributed by atoms with E-state index in [2.05, 4.69) is 16.2 Å². The molecular formula is C21H15F3N2OS. The molecule has 3 aromatic carbocycles. The molecule has 1 saturated heterocycles. The van der Waals surface area contributed by atoms with Gasteiger partial charge in [-0.2, -0.15) is 13.2 Å². The van der Waals surface area contributed by atoms with E-state index in [1.165, 1.54) is 12.1 Å². The van der Waals surface area contributed by atoms with Gasteiger partial charge in [0.2, 0.25) is 5.91 Å². The first-order valence-corrected chi connectivity index (χ1v) is 9.87. The molecule has 0 spiro atoms. The van der Waals surface area contributed by atoms with Gasteiger partial charge in [-0.05, 0) is 46.7 Å². The van der Waals surface area contributed by atoms with Crippen LogP contribution >= 0.6 is 10.5 Å². The molecule has 3 nitrogen and oxygen atoms in total. The fourth-order valence-corrected chi connectivity index (χ4v) is 4.56. The van der Waals surface area contributed by atoms with Crippen molar-refractivity contribution in [3.05, 3.63) is 77.9 Å². The Labute approximate surface area is 161 Å². The molecular weight excluding hydrogens is 385 g/mol. The number of rotatable bonds is 2. The summed E-state index contributed by atoms with van der Waals surface area (Å²) in [6.45, 7) is 0. The van der Waals surface area contributed by atoms with Gasteiger partial charge in [0.05, 0.1) is 11.3 Å². The Balaban J connectivity index is 1.63. The van der Waals surface area contributed by atoms with Crippen LogP contribution in [-0.2, 0) is 11.0 Å². The molecule has 2 unspecified atom stereocenters. The summed E-state index contributed by atoms with van der Waals surface area (Å²) in [6.07, 6.45) is -4.40. The standard InChI is InChI=1S/C21H15F3N2OS/c1-28-18(15-7-6-13-4-2-3-5-14(13)12-15)19(27)26-20(28)25-17-10-8-16(9-11-17)21(22,23)24/h2-12,18H,1H2,(H,25,26,27). The highest BCUT2D eigenvalue weighted by Crippen LogP contribution is 2.41. The minimum Gasteiger partial charge on any atom is -0.304 e. The number of carbonyl (C=O) groups excluding carboxylic acids is 1. The molecule has 1 aliphatic heterocycles. The molecule has 0 aliphatic carbocycles. The first-order valence-electron chi connectivity index (χ1n) is 8.41. The van der Waals surface area contributed by atoms with Gasteiger partial charge in [-0.15, -0.1) is 10.5 Å². The van der Waals surface area contributed by atoms with E-state index < -0.39 is 27.5 Å². The average molecular weight is 400 g/mol. The fraction of sp³-hybridized carbons (Fsp3) is 0.0952. The number of aliphatic imine (C=N–C) groups is 1. The van der Waals surface area contributed by atoms with Crippen LogP contribution in [0.25, 0.3) is 10.8 Å². The number of carbonyl (C=O) groups is 1. The predicted molar refractivity (Wildman–Crippen MR) is 108 cm³/mol. The zero-order valence-electron chi connectivity index (χ0n) is 14.5. The minimum absolute atomic E-state index is 0.209. The summed E-state index contributed by atoms with van der Waals surface area (Å²) in [5.74, 6) is 3.88. The lowest BCUT2D eigenvalue weighted by Gasteiger charge is -2.10. The van der Waals surface area contributed by atoms with Gasteiger partial charge in [0, 0.05) is 0 Å². The van der Waals surface area contributed by atoms with Gasteiger partial charge in [-0.1, -0.05) is 42.3 Å². The van der Waals surface area contributed by atoms with Crippen molar-refractivity contribution in [1.29, 1.82) is 0 Å². The molecule has 3 aromatic rings. The maximum Gasteiger partial charge on any atom is 0.416 e. The maximum atomic E-state index is 12.7. The third-order valence-electron chi connectivity index (χ3n) is 4.50. The summed E-state index contributed by atoms with van der Waals surface area (Å²) in [4.78, 5) is 16.9. The molecule has 142 valence electrons. The van der Waals surface area contributed by atoms with Crippen molar-refractivity contribution < 1.29 is 18.0 Å². The van der Waals surface area contributed by atoms with Gasteiger partial charge < -0.3 is 5.32 Å². The molecule has 1 N–H and O–H groups in total. The number of alkyl halides is 3. The van der Waals surface area contributed by atoms with Gasteiger partial charge in [0.1, 0.15) is 5.25 Å². The van der Waals surface area contributed by atoms with Crippen molar-refractivity contribution >= 4 is 43.9 Å². The second kappa shape index (κ2) is 6.91. The van der Waals surface area contributed by atoms with Crippen LogP contribution in [-0.4, -0.2) is 16.9 Å². The monoisotopic (exact) mass is 400 g/mol. The van der Waals surface area contributed by atoms with Gasteiger partial charge >= 0.3 is 6.18 Å². The van der Waals surface area contributed by atoms with E-state index in [1.54, 1.807) is 0 Å². The molecule has 0 bridgehead atoms. The summed E-state index contributed by atoms with van der Waals surface area (Å²) in [6, 6.07) is 18.2. The van der Waals surface area contributed by atoms with Gasteiger partial charge in [0.15, 0.2) is 5.17 Å². The van der Waals surface area contributed by atoms with E-state index in [4.69, 9.17) is 0 Å². The van der Waals surface area contributed by atoms with Crippen molar-refractivity contribution in [3.63, 3.8) is 0 Å². The average Bonchev–Trinajstić information content (AvgIpc) is 2.94. The quantitative estimate of drug-likeness (QED) is 0.574. The van der Waals surface area contributed by atoms with E-state index in [0.29, 0.717) is 10.9 Å². The van der Waals surface area contributed by atoms with Gasteiger partial charge in [-0.25, -0.2) is 4.99 Å². The van der Waals surface area contributed by atoms with Crippen LogP contribution in [0.2, 0.25) is 0 Å². The summed E-state index contributed by atoms with van der Waals surface area (Å²) in [5.41, 5.74) is 0.435. The van der Waals surface area contributed by atoms with Crippen molar-refractivity contribution in [2.75, 3.05) is 0 Å². The largest absolute Gasteiger partial charge is 0.416 e. The number of benzene rings is 3. The van der Waals surface area contributed by atoms with Crippen LogP contribution in [0.15, 0.2) is 71.7 Å². The Kier molecular flexibility index (Phi) is 4.55.